The Balaban J connectivity index is 1.27. The minimum Gasteiger partial charge on any atom is -0.356 e. The van der Waals surface area contributed by atoms with E-state index in [1.165, 1.54) is 25.0 Å². The van der Waals surface area contributed by atoms with Crippen molar-refractivity contribution in [1.82, 2.24) is 19.9 Å². The van der Waals surface area contributed by atoms with E-state index < -0.39 is 0 Å². The van der Waals surface area contributed by atoms with Gasteiger partial charge in [-0.15, -0.1) is 0 Å². The lowest BCUT2D eigenvalue weighted by Gasteiger charge is -2.26. The maximum absolute atomic E-state index is 4.56. The van der Waals surface area contributed by atoms with Gasteiger partial charge < -0.3 is 9.80 Å². The topological polar surface area (TPSA) is 58.0 Å². The lowest BCUT2D eigenvalue weighted by Crippen LogP contribution is -2.30. The highest BCUT2D eigenvalue weighted by molar-refractivity contribution is 5.45. The third-order valence-corrected chi connectivity index (χ3v) is 6.10. The van der Waals surface area contributed by atoms with Crippen LogP contribution < -0.4 is 9.80 Å². The molecule has 0 spiro atoms. The minimum absolute atomic E-state index is 0.666. The molecule has 6 nitrogen and oxygen atoms in total. The molecule has 2 aromatic heterocycles. The second kappa shape index (κ2) is 5.93. The van der Waals surface area contributed by atoms with Crippen LogP contribution in [-0.4, -0.2) is 46.1 Å². The molecule has 2 aliphatic heterocycles. The van der Waals surface area contributed by atoms with Crippen molar-refractivity contribution in [3.05, 3.63) is 36.2 Å². The van der Waals surface area contributed by atoms with Crippen LogP contribution in [0.2, 0.25) is 0 Å². The molecule has 1 saturated carbocycles. The molecule has 2 unspecified atom stereocenters. The maximum Gasteiger partial charge on any atom is 0.147 e. The predicted molar refractivity (Wildman–Crippen MR) is 96.8 cm³/mol. The fourth-order valence-electron chi connectivity index (χ4n) is 4.38. The molecule has 3 aliphatic rings. The highest BCUT2D eigenvalue weighted by Gasteiger charge is 2.41. The van der Waals surface area contributed by atoms with Crippen molar-refractivity contribution in [3.63, 3.8) is 0 Å². The Labute approximate surface area is 148 Å². The number of hydrogen-bond donors (Lipinski definition) is 0. The fraction of sp³-hybridized carbons (Fsp3) is 0.579. The molecule has 0 amide bonds. The van der Waals surface area contributed by atoms with Gasteiger partial charge in [-0.25, -0.2) is 15.0 Å². The van der Waals surface area contributed by atoms with Crippen LogP contribution >= 0.6 is 0 Å². The van der Waals surface area contributed by atoms with E-state index in [9.17, 15) is 0 Å². The van der Waals surface area contributed by atoms with Crippen molar-refractivity contribution < 1.29 is 0 Å². The van der Waals surface area contributed by atoms with E-state index >= 15 is 0 Å². The van der Waals surface area contributed by atoms with E-state index in [0.29, 0.717) is 17.8 Å². The monoisotopic (exact) mass is 336 g/mol. The number of anilines is 2. The van der Waals surface area contributed by atoms with Crippen LogP contribution in [0.25, 0.3) is 0 Å². The molecule has 0 N–H and O–H groups in total. The van der Waals surface area contributed by atoms with Gasteiger partial charge in [0, 0.05) is 55.7 Å². The molecule has 1 aliphatic carbocycles. The number of aromatic nitrogens is 4. The predicted octanol–water partition coefficient (Wildman–Crippen LogP) is 2.42. The number of rotatable bonds is 3. The SMILES string of the molecule is Cc1cnc(N2CC3CN(c4cc(C5CCC5)ncn4)CC3C2)cn1. The zero-order valence-electron chi connectivity index (χ0n) is 14.7. The first-order valence-corrected chi connectivity index (χ1v) is 9.37. The summed E-state index contributed by atoms with van der Waals surface area (Å²) in [7, 11) is 0. The largest absolute Gasteiger partial charge is 0.356 e. The minimum atomic E-state index is 0.666. The van der Waals surface area contributed by atoms with Crippen molar-refractivity contribution in [2.24, 2.45) is 11.8 Å². The van der Waals surface area contributed by atoms with Crippen molar-refractivity contribution in [2.75, 3.05) is 36.0 Å². The first-order valence-electron chi connectivity index (χ1n) is 9.37. The van der Waals surface area contributed by atoms with E-state index in [0.717, 1.165) is 43.5 Å². The fourth-order valence-corrected chi connectivity index (χ4v) is 4.38. The van der Waals surface area contributed by atoms with Gasteiger partial charge in [0.2, 0.25) is 0 Å². The molecule has 25 heavy (non-hydrogen) atoms. The number of nitrogens with zero attached hydrogens (tertiary/aromatic N) is 6. The molecular weight excluding hydrogens is 312 g/mol. The van der Waals surface area contributed by atoms with E-state index in [-0.39, 0.29) is 0 Å². The third-order valence-electron chi connectivity index (χ3n) is 6.10. The summed E-state index contributed by atoms with van der Waals surface area (Å²) < 4.78 is 0. The lowest BCUT2D eigenvalue weighted by atomic mass is 9.83. The Kier molecular flexibility index (Phi) is 3.57. The summed E-state index contributed by atoms with van der Waals surface area (Å²) >= 11 is 0. The van der Waals surface area contributed by atoms with Gasteiger partial charge in [0.25, 0.3) is 0 Å². The molecule has 3 fully saturated rings. The second-order valence-corrected chi connectivity index (χ2v) is 7.78. The summed E-state index contributed by atoms with van der Waals surface area (Å²) in [4.78, 5) is 22.8. The van der Waals surface area contributed by atoms with Gasteiger partial charge >= 0.3 is 0 Å². The van der Waals surface area contributed by atoms with Crippen molar-refractivity contribution in [1.29, 1.82) is 0 Å². The van der Waals surface area contributed by atoms with Crippen molar-refractivity contribution in [3.8, 4) is 0 Å². The van der Waals surface area contributed by atoms with Gasteiger partial charge in [-0.1, -0.05) is 6.42 Å². The summed E-state index contributed by atoms with van der Waals surface area (Å²) in [5, 5.41) is 0. The standard InChI is InChI=1S/C19H24N6/c1-13-6-21-19(7-20-13)25-10-15-8-24(9-16(15)11-25)18-5-17(22-12-23-18)14-3-2-4-14/h5-7,12,14-16H,2-4,8-11H2,1H3. The molecule has 0 radical (unpaired) electrons. The Morgan fingerprint density at radius 3 is 2.16 bits per heavy atom. The lowest BCUT2D eigenvalue weighted by molar-refractivity contribution is 0.410. The molecule has 2 atom stereocenters. The average molecular weight is 336 g/mol. The highest BCUT2D eigenvalue weighted by Crippen LogP contribution is 2.38. The summed E-state index contributed by atoms with van der Waals surface area (Å²) in [5.74, 6) is 4.17. The van der Waals surface area contributed by atoms with E-state index in [2.05, 4.69) is 35.8 Å². The zero-order chi connectivity index (χ0) is 16.8. The van der Waals surface area contributed by atoms with Crippen LogP contribution in [0.15, 0.2) is 24.8 Å². The highest BCUT2D eigenvalue weighted by atomic mass is 15.3. The molecule has 0 aromatic carbocycles. The van der Waals surface area contributed by atoms with Gasteiger partial charge in [0.15, 0.2) is 0 Å². The summed E-state index contributed by atoms with van der Waals surface area (Å²) in [6, 6.07) is 2.23. The van der Waals surface area contributed by atoms with E-state index in [1.54, 1.807) is 6.33 Å². The van der Waals surface area contributed by atoms with Crippen LogP contribution in [0, 0.1) is 18.8 Å². The van der Waals surface area contributed by atoms with Gasteiger partial charge in [0.05, 0.1) is 18.1 Å². The van der Waals surface area contributed by atoms with Crippen LogP contribution in [0.1, 0.15) is 36.6 Å². The molecule has 4 heterocycles. The van der Waals surface area contributed by atoms with E-state index in [4.69, 9.17) is 0 Å². The van der Waals surface area contributed by atoms with E-state index in [1.807, 2.05) is 19.3 Å². The van der Waals surface area contributed by atoms with Crippen molar-refractivity contribution in [2.45, 2.75) is 32.1 Å². The third kappa shape index (κ3) is 2.73. The smallest absolute Gasteiger partial charge is 0.147 e. The molecular formula is C19H24N6. The molecule has 2 saturated heterocycles. The van der Waals surface area contributed by atoms with Crippen LogP contribution in [0.3, 0.4) is 0 Å². The number of aryl methyl sites for hydroxylation is 1. The Hall–Kier alpha value is -2.24. The summed E-state index contributed by atoms with van der Waals surface area (Å²) in [5.41, 5.74) is 2.21. The Bertz CT molecular complexity index is 743. The maximum atomic E-state index is 4.56. The van der Waals surface area contributed by atoms with Gasteiger partial charge in [-0.3, -0.25) is 4.98 Å². The molecule has 2 aromatic rings. The Morgan fingerprint density at radius 2 is 1.56 bits per heavy atom. The first-order chi connectivity index (χ1) is 12.3. The summed E-state index contributed by atoms with van der Waals surface area (Å²) in [6.45, 7) is 6.29. The second-order valence-electron chi connectivity index (χ2n) is 7.78. The molecule has 6 heteroatoms. The number of hydrogen-bond acceptors (Lipinski definition) is 6. The van der Waals surface area contributed by atoms with Crippen LogP contribution in [-0.2, 0) is 0 Å². The molecule has 130 valence electrons. The molecule has 0 bridgehead atoms. The zero-order valence-corrected chi connectivity index (χ0v) is 14.7. The normalized spacial score (nSPS) is 26.0. The first kappa shape index (κ1) is 15.0. The van der Waals surface area contributed by atoms with Crippen LogP contribution in [0.5, 0.6) is 0 Å². The summed E-state index contributed by atoms with van der Waals surface area (Å²) in [6.07, 6.45) is 9.44. The quantitative estimate of drug-likeness (QED) is 0.858. The average Bonchev–Trinajstić information content (AvgIpc) is 3.13. The van der Waals surface area contributed by atoms with Gasteiger partial charge in [0.1, 0.15) is 18.0 Å². The van der Waals surface area contributed by atoms with Gasteiger partial charge in [-0.05, 0) is 19.8 Å². The Morgan fingerprint density at radius 1 is 0.840 bits per heavy atom. The number of fused-ring (bicyclic) bond motifs is 1. The molecule has 5 rings (SSSR count). The van der Waals surface area contributed by atoms with Crippen molar-refractivity contribution >= 4 is 11.6 Å². The van der Waals surface area contributed by atoms with Gasteiger partial charge in [-0.2, -0.15) is 0 Å². The van der Waals surface area contributed by atoms with Crippen LogP contribution in [0.4, 0.5) is 11.6 Å².